The zero-order valence-electron chi connectivity index (χ0n) is 7.49. The molecule has 1 N–H and O–H groups in total. The summed E-state index contributed by atoms with van der Waals surface area (Å²) in [7, 11) is -2.82. The highest BCUT2D eigenvalue weighted by Gasteiger charge is 2.30. The van der Waals surface area contributed by atoms with Gasteiger partial charge in [-0.3, -0.25) is 0 Å². The first kappa shape index (κ1) is 10.5. The Hall–Kier alpha value is -0.600. The number of nitrogens with zero attached hydrogens (tertiary/aromatic N) is 1. The van der Waals surface area contributed by atoms with Crippen molar-refractivity contribution in [2.45, 2.75) is 24.5 Å². The van der Waals surface area contributed by atoms with Crippen LogP contribution in [0.1, 0.15) is 19.3 Å². The number of hydrogen-bond donors (Lipinski definition) is 1. The van der Waals surface area contributed by atoms with Crippen LogP contribution in [0.15, 0.2) is 0 Å². The Kier molecular flexibility index (Phi) is 3.70. The topological polar surface area (TPSA) is 70.0 Å². The molecule has 1 heterocycles. The van der Waals surface area contributed by atoms with Crippen LogP contribution in [-0.2, 0) is 9.84 Å². The minimum Gasteiger partial charge on any atom is -0.314 e. The van der Waals surface area contributed by atoms with Gasteiger partial charge in [0.15, 0.2) is 9.84 Å². The quantitative estimate of drug-likeness (QED) is 0.655. The molecule has 0 bridgehead atoms. The molecular weight excluding hydrogens is 188 g/mol. The lowest BCUT2D eigenvalue weighted by molar-refractivity contribution is 0.575. The summed E-state index contributed by atoms with van der Waals surface area (Å²) in [4.78, 5) is 0. The van der Waals surface area contributed by atoms with Crippen molar-refractivity contribution in [3.05, 3.63) is 0 Å². The predicted molar refractivity (Wildman–Crippen MR) is 49.9 cm³/mol. The van der Waals surface area contributed by atoms with Gasteiger partial charge in [0.05, 0.1) is 17.1 Å². The summed E-state index contributed by atoms with van der Waals surface area (Å²) < 4.78 is 22.6. The van der Waals surface area contributed by atoms with Crippen molar-refractivity contribution in [3.63, 3.8) is 0 Å². The van der Waals surface area contributed by atoms with Gasteiger partial charge >= 0.3 is 0 Å². The molecule has 0 aromatic heterocycles. The molecule has 0 amide bonds. The molecule has 0 aromatic rings. The maximum absolute atomic E-state index is 11.3. The Morgan fingerprint density at radius 1 is 1.54 bits per heavy atom. The Morgan fingerprint density at radius 3 is 2.85 bits per heavy atom. The van der Waals surface area contributed by atoms with Crippen LogP contribution in [0.3, 0.4) is 0 Å². The van der Waals surface area contributed by atoms with Crippen LogP contribution in [0.4, 0.5) is 0 Å². The van der Waals surface area contributed by atoms with Gasteiger partial charge in [-0.05, 0) is 12.8 Å². The van der Waals surface area contributed by atoms with Gasteiger partial charge in [0.2, 0.25) is 0 Å². The molecule has 1 aliphatic heterocycles. The highest BCUT2D eigenvalue weighted by atomic mass is 32.2. The molecule has 1 saturated heterocycles. The highest BCUT2D eigenvalue weighted by molar-refractivity contribution is 7.92. The smallest absolute Gasteiger partial charge is 0.154 e. The summed E-state index contributed by atoms with van der Waals surface area (Å²) in [5.41, 5.74) is 0. The Bertz CT molecular complexity index is 292. The second kappa shape index (κ2) is 4.58. The largest absolute Gasteiger partial charge is 0.314 e. The third kappa shape index (κ3) is 2.98. The average molecular weight is 202 g/mol. The third-order valence-electron chi connectivity index (χ3n) is 2.25. The lowest BCUT2D eigenvalue weighted by Crippen LogP contribution is -2.30. The van der Waals surface area contributed by atoms with Gasteiger partial charge in [-0.15, -0.1) is 0 Å². The maximum atomic E-state index is 11.3. The molecule has 1 fully saturated rings. The van der Waals surface area contributed by atoms with E-state index in [9.17, 15) is 8.42 Å². The number of hydrogen-bond acceptors (Lipinski definition) is 4. The first-order valence-electron chi connectivity index (χ1n) is 4.46. The summed E-state index contributed by atoms with van der Waals surface area (Å²) in [6, 6.07) is 2.00. The van der Waals surface area contributed by atoms with Gasteiger partial charge in [0, 0.05) is 19.5 Å². The van der Waals surface area contributed by atoms with E-state index in [4.69, 9.17) is 5.26 Å². The normalized spacial score (nSPS) is 25.6. The van der Waals surface area contributed by atoms with Crippen LogP contribution < -0.4 is 5.32 Å². The molecule has 0 aliphatic carbocycles. The summed E-state index contributed by atoms with van der Waals surface area (Å²) in [6.45, 7) is 1.09. The Labute approximate surface area is 78.9 Å². The van der Waals surface area contributed by atoms with Crippen molar-refractivity contribution in [1.82, 2.24) is 5.32 Å². The third-order valence-corrected chi connectivity index (χ3v) is 4.52. The van der Waals surface area contributed by atoms with Gasteiger partial charge < -0.3 is 5.32 Å². The van der Waals surface area contributed by atoms with Crippen LogP contribution in [0, 0.1) is 11.3 Å². The fraction of sp³-hybridized carbons (Fsp3) is 0.875. The zero-order valence-corrected chi connectivity index (χ0v) is 8.31. The number of nitrogens with one attached hydrogen (secondary N) is 1. The standard InChI is InChI=1S/C8H14N2O2S/c9-4-2-5-10-7-8-3-1-6-13(8,11)12/h8,10H,1-3,5-7H2. The zero-order chi connectivity index (χ0) is 9.73. The van der Waals surface area contributed by atoms with Crippen LogP contribution >= 0.6 is 0 Å². The molecule has 1 aliphatic rings. The van der Waals surface area contributed by atoms with Crippen LogP contribution in [-0.4, -0.2) is 32.5 Å². The minimum atomic E-state index is -2.82. The molecule has 74 valence electrons. The fourth-order valence-electron chi connectivity index (χ4n) is 1.49. The number of rotatable bonds is 4. The van der Waals surface area contributed by atoms with Crippen molar-refractivity contribution >= 4 is 9.84 Å². The van der Waals surface area contributed by atoms with E-state index in [0.717, 1.165) is 12.8 Å². The molecule has 0 saturated carbocycles. The fourth-order valence-corrected chi connectivity index (χ4v) is 3.29. The summed E-state index contributed by atoms with van der Waals surface area (Å²) >= 11 is 0. The van der Waals surface area contributed by atoms with Gasteiger partial charge in [-0.1, -0.05) is 0 Å². The second-order valence-electron chi connectivity index (χ2n) is 3.24. The molecule has 13 heavy (non-hydrogen) atoms. The first-order chi connectivity index (χ1) is 6.17. The summed E-state index contributed by atoms with van der Waals surface area (Å²) in [6.07, 6.45) is 1.99. The first-order valence-corrected chi connectivity index (χ1v) is 6.17. The van der Waals surface area contributed by atoms with Crippen molar-refractivity contribution in [2.75, 3.05) is 18.8 Å². The molecule has 0 aromatic carbocycles. The molecule has 0 radical (unpaired) electrons. The monoisotopic (exact) mass is 202 g/mol. The van der Waals surface area contributed by atoms with E-state index < -0.39 is 9.84 Å². The number of nitriles is 1. The summed E-state index contributed by atoms with van der Waals surface area (Å²) in [5.74, 6) is 0.331. The molecule has 0 spiro atoms. The molecule has 1 unspecified atom stereocenters. The molecular formula is C8H14N2O2S. The summed E-state index contributed by atoms with van der Waals surface area (Å²) in [5, 5.41) is 11.0. The lowest BCUT2D eigenvalue weighted by atomic mass is 10.2. The van der Waals surface area contributed by atoms with E-state index >= 15 is 0 Å². The van der Waals surface area contributed by atoms with Crippen molar-refractivity contribution in [2.24, 2.45) is 0 Å². The van der Waals surface area contributed by atoms with Gasteiger partial charge in [0.1, 0.15) is 0 Å². The van der Waals surface area contributed by atoms with Gasteiger partial charge in [-0.25, -0.2) is 8.42 Å². The van der Waals surface area contributed by atoms with E-state index in [2.05, 4.69) is 5.32 Å². The van der Waals surface area contributed by atoms with Crippen molar-refractivity contribution in [3.8, 4) is 6.07 Å². The van der Waals surface area contributed by atoms with E-state index in [1.54, 1.807) is 0 Å². The molecule has 5 heteroatoms. The van der Waals surface area contributed by atoms with Crippen LogP contribution in [0.2, 0.25) is 0 Å². The average Bonchev–Trinajstić information content (AvgIpc) is 2.40. The molecule has 1 rings (SSSR count). The van der Waals surface area contributed by atoms with E-state index in [-0.39, 0.29) is 5.25 Å². The Morgan fingerprint density at radius 2 is 2.31 bits per heavy atom. The molecule has 1 atom stereocenters. The lowest BCUT2D eigenvalue weighted by Gasteiger charge is -2.08. The van der Waals surface area contributed by atoms with E-state index in [0.29, 0.717) is 25.3 Å². The van der Waals surface area contributed by atoms with E-state index in [1.807, 2.05) is 6.07 Å². The van der Waals surface area contributed by atoms with Gasteiger partial charge in [-0.2, -0.15) is 5.26 Å². The van der Waals surface area contributed by atoms with Crippen molar-refractivity contribution < 1.29 is 8.42 Å². The van der Waals surface area contributed by atoms with Crippen molar-refractivity contribution in [1.29, 1.82) is 5.26 Å². The number of sulfone groups is 1. The minimum absolute atomic E-state index is 0.216. The second-order valence-corrected chi connectivity index (χ2v) is 5.64. The maximum Gasteiger partial charge on any atom is 0.154 e. The predicted octanol–water partition coefficient (Wildman–Crippen LogP) is 0.0669. The van der Waals surface area contributed by atoms with E-state index in [1.165, 1.54) is 0 Å². The molecule has 4 nitrogen and oxygen atoms in total. The SMILES string of the molecule is N#CCCNCC1CCCS1(=O)=O. The van der Waals surface area contributed by atoms with Crippen LogP contribution in [0.5, 0.6) is 0 Å². The van der Waals surface area contributed by atoms with Crippen LogP contribution in [0.25, 0.3) is 0 Å². The van der Waals surface area contributed by atoms with Gasteiger partial charge in [0.25, 0.3) is 0 Å². The highest BCUT2D eigenvalue weighted by Crippen LogP contribution is 2.18. The Balaban J connectivity index is 2.26.